The van der Waals surface area contributed by atoms with Gasteiger partial charge in [-0.05, 0) is 35.1 Å². The van der Waals surface area contributed by atoms with E-state index in [4.69, 9.17) is 4.52 Å². The summed E-state index contributed by atoms with van der Waals surface area (Å²) in [5.74, 6) is 0. The summed E-state index contributed by atoms with van der Waals surface area (Å²) in [7, 11) is 0. The number of nitrogens with zero attached hydrogens (tertiary/aromatic N) is 1. The molecule has 2 rings (SSSR count). The minimum absolute atomic E-state index is 0.929. The fourth-order valence-corrected chi connectivity index (χ4v) is 1.74. The van der Waals surface area contributed by atoms with Crippen LogP contribution in [0.25, 0.3) is 11.3 Å². The Hall–Kier alpha value is -0.840. The van der Waals surface area contributed by atoms with Crippen LogP contribution in [0.2, 0.25) is 0 Å². The van der Waals surface area contributed by atoms with Gasteiger partial charge in [0.1, 0.15) is 12.0 Å². The first kappa shape index (κ1) is 8.74. The molecule has 66 valence electrons. The molecule has 0 amide bonds. The Morgan fingerprint density at radius 2 is 2.08 bits per heavy atom. The van der Waals surface area contributed by atoms with Crippen LogP contribution >= 0.6 is 22.6 Å². The average Bonchev–Trinajstić information content (AvgIpc) is 2.52. The second-order valence-corrected chi connectivity index (χ2v) is 3.99. The van der Waals surface area contributed by atoms with Crippen LogP contribution in [0.5, 0.6) is 0 Å². The molecule has 1 aromatic heterocycles. The monoisotopic (exact) mass is 285 g/mol. The summed E-state index contributed by atoms with van der Waals surface area (Å²) in [6.07, 6.45) is 1.66. The van der Waals surface area contributed by atoms with Gasteiger partial charge in [0.15, 0.2) is 0 Å². The molecule has 0 saturated carbocycles. The van der Waals surface area contributed by atoms with Crippen LogP contribution in [0.15, 0.2) is 35.1 Å². The zero-order valence-corrected chi connectivity index (χ0v) is 9.28. The van der Waals surface area contributed by atoms with Crippen molar-refractivity contribution in [3.8, 4) is 11.3 Å². The first-order chi connectivity index (χ1) is 6.29. The second kappa shape index (κ2) is 3.49. The summed E-state index contributed by atoms with van der Waals surface area (Å²) in [5.41, 5.74) is 3.29. The van der Waals surface area contributed by atoms with E-state index >= 15 is 0 Å². The lowest BCUT2D eigenvalue weighted by Gasteiger charge is -2.00. The van der Waals surface area contributed by atoms with Gasteiger partial charge in [-0.15, -0.1) is 0 Å². The van der Waals surface area contributed by atoms with Crippen LogP contribution in [-0.2, 0) is 0 Å². The summed E-state index contributed by atoms with van der Waals surface area (Å²) in [4.78, 5) is 0. The standard InChI is InChI=1S/C10H8INO/c1-7-4-2-3-5-8(7)10-9(11)6-13-12-10/h2-6H,1H3. The Morgan fingerprint density at radius 1 is 1.31 bits per heavy atom. The number of rotatable bonds is 1. The normalized spacial score (nSPS) is 10.3. The average molecular weight is 285 g/mol. The van der Waals surface area contributed by atoms with Crippen molar-refractivity contribution in [3.05, 3.63) is 39.7 Å². The fraction of sp³-hybridized carbons (Fsp3) is 0.100. The van der Waals surface area contributed by atoms with Gasteiger partial charge in [0.2, 0.25) is 0 Å². The molecular weight excluding hydrogens is 277 g/mol. The topological polar surface area (TPSA) is 26.0 Å². The second-order valence-electron chi connectivity index (χ2n) is 2.83. The van der Waals surface area contributed by atoms with Crippen molar-refractivity contribution in [2.45, 2.75) is 6.92 Å². The SMILES string of the molecule is Cc1ccccc1-c1nocc1I. The van der Waals surface area contributed by atoms with Crippen molar-refractivity contribution < 1.29 is 4.52 Å². The maximum absolute atomic E-state index is 4.90. The van der Waals surface area contributed by atoms with E-state index in [-0.39, 0.29) is 0 Å². The molecule has 0 radical (unpaired) electrons. The third-order valence-electron chi connectivity index (χ3n) is 1.93. The van der Waals surface area contributed by atoms with Crippen LogP contribution < -0.4 is 0 Å². The van der Waals surface area contributed by atoms with Gasteiger partial charge >= 0.3 is 0 Å². The lowest BCUT2D eigenvalue weighted by molar-refractivity contribution is 0.421. The van der Waals surface area contributed by atoms with Gasteiger partial charge in [-0.25, -0.2) is 0 Å². The molecule has 2 aromatic rings. The number of hydrogen-bond acceptors (Lipinski definition) is 2. The Labute approximate surface area is 90.1 Å². The van der Waals surface area contributed by atoms with E-state index in [0.717, 1.165) is 14.8 Å². The molecule has 0 bridgehead atoms. The lowest BCUT2D eigenvalue weighted by Crippen LogP contribution is -1.83. The highest BCUT2D eigenvalue weighted by atomic mass is 127. The van der Waals surface area contributed by atoms with Crippen molar-refractivity contribution >= 4 is 22.6 Å². The number of hydrogen-bond donors (Lipinski definition) is 0. The van der Waals surface area contributed by atoms with Crippen LogP contribution in [0.1, 0.15) is 5.56 Å². The highest BCUT2D eigenvalue weighted by molar-refractivity contribution is 14.1. The van der Waals surface area contributed by atoms with Crippen molar-refractivity contribution in [3.63, 3.8) is 0 Å². The summed E-state index contributed by atoms with van der Waals surface area (Å²) < 4.78 is 5.95. The smallest absolute Gasteiger partial charge is 0.137 e. The summed E-state index contributed by atoms with van der Waals surface area (Å²) in [5, 5.41) is 3.96. The zero-order chi connectivity index (χ0) is 9.26. The number of aryl methyl sites for hydroxylation is 1. The molecule has 2 nitrogen and oxygen atoms in total. The van der Waals surface area contributed by atoms with Gasteiger partial charge in [-0.2, -0.15) is 0 Å². The third kappa shape index (κ3) is 1.60. The molecule has 0 aliphatic rings. The van der Waals surface area contributed by atoms with Crippen LogP contribution in [0, 0.1) is 10.5 Å². The predicted octanol–water partition coefficient (Wildman–Crippen LogP) is 3.25. The molecule has 0 saturated heterocycles. The number of halogens is 1. The third-order valence-corrected chi connectivity index (χ3v) is 2.69. The van der Waals surface area contributed by atoms with Gasteiger partial charge in [0.25, 0.3) is 0 Å². The summed E-state index contributed by atoms with van der Waals surface area (Å²) >= 11 is 2.22. The van der Waals surface area contributed by atoms with Gasteiger partial charge in [0, 0.05) is 5.56 Å². The Bertz CT molecular complexity index is 422. The van der Waals surface area contributed by atoms with E-state index < -0.39 is 0 Å². The van der Waals surface area contributed by atoms with Crippen LogP contribution in [-0.4, -0.2) is 5.16 Å². The lowest BCUT2D eigenvalue weighted by atomic mass is 10.1. The molecule has 3 heteroatoms. The first-order valence-corrected chi connectivity index (χ1v) is 5.03. The molecule has 0 spiro atoms. The Kier molecular flexibility index (Phi) is 2.35. The minimum atomic E-state index is 0.929. The van der Waals surface area contributed by atoms with Crippen molar-refractivity contribution in [2.75, 3.05) is 0 Å². The first-order valence-electron chi connectivity index (χ1n) is 3.95. The molecule has 0 unspecified atom stereocenters. The van der Waals surface area contributed by atoms with E-state index in [1.165, 1.54) is 5.56 Å². The highest BCUT2D eigenvalue weighted by Crippen LogP contribution is 2.25. The maximum atomic E-state index is 4.90. The number of aromatic nitrogens is 1. The highest BCUT2D eigenvalue weighted by Gasteiger charge is 2.08. The van der Waals surface area contributed by atoms with Crippen molar-refractivity contribution in [1.29, 1.82) is 0 Å². The molecule has 0 fully saturated rings. The van der Waals surface area contributed by atoms with E-state index in [2.05, 4.69) is 46.8 Å². The van der Waals surface area contributed by atoms with Crippen molar-refractivity contribution in [1.82, 2.24) is 5.16 Å². The molecule has 0 aliphatic heterocycles. The maximum Gasteiger partial charge on any atom is 0.137 e. The number of benzene rings is 1. The van der Waals surface area contributed by atoms with E-state index in [1.807, 2.05) is 12.1 Å². The van der Waals surface area contributed by atoms with Gasteiger partial charge in [-0.3, -0.25) is 0 Å². The van der Waals surface area contributed by atoms with Crippen molar-refractivity contribution in [2.24, 2.45) is 0 Å². The van der Waals surface area contributed by atoms with Crippen LogP contribution in [0.4, 0.5) is 0 Å². The quantitative estimate of drug-likeness (QED) is 0.752. The predicted molar refractivity (Wildman–Crippen MR) is 59.4 cm³/mol. The molecule has 0 atom stereocenters. The molecule has 1 aromatic carbocycles. The van der Waals surface area contributed by atoms with E-state index in [9.17, 15) is 0 Å². The molecule has 1 heterocycles. The largest absolute Gasteiger partial charge is 0.363 e. The molecule has 13 heavy (non-hydrogen) atoms. The summed E-state index contributed by atoms with van der Waals surface area (Å²) in [6, 6.07) is 8.15. The summed E-state index contributed by atoms with van der Waals surface area (Å²) in [6.45, 7) is 2.07. The Balaban J connectivity index is 2.59. The van der Waals surface area contributed by atoms with Gasteiger partial charge in [-0.1, -0.05) is 29.4 Å². The molecular formula is C10H8INO. The van der Waals surface area contributed by atoms with Gasteiger partial charge in [0.05, 0.1) is 3.57 Å². The Morgan fingerprint density at radius 3 is 2.69 bits per heavy atom. The van der Waals surface area contributed by atoms with E-state index in [0.29, 0.717) is 0 Å². The van der Waals surface area contributed by atoms with Crippen LogP contribution in [0.3, 0.4) is 0 Å². The molecule has 0 N–H and O–H groups in total. The fourth-order valence-electron chi connectivity index (χ4n) is 1.24. The zero-order valence-electron chi connectivity index (χ0n) is 7.12. The van der Waals surface area contributed by atoms with Gasteiger partial charge < -0.3 is 4.52 Å². The van der Waals surface area contributed by atoms with E-state index in [1.54, 1.807) is 6.26 Å². The minimum Gasteiger partial charge on any atom is -0.363 e. The molecule has 0 aliphatic carbocycles.